The molecule has 3 heterocycles. The lowest BCUT2D eigenvalue weighted by Crippen LogP contribution is -3.24. The van der Waals surface area contributed by atoms with Crippen LogP contribution in [0, 0.1) is 0 Å². The molecule has 3 unspecified atom stereocenters. The normalized spacial score (nSPS) is 19.8. The highest BCUT2D eigenvalue weighted by atomic mass is 32.1. The fourth-order valence-electron chi connectivity index (χ4n) is 4.55. The molecule has 0 saturated carbocycles. The predicted molar refractivity (Wildman–Crippen MR) is 128 cm³/mol. The molecule has 14 heteroatoms. The van der Waals surface area contributed by atoms with Gasteiger partial charge in [-0.3, -0.25) is 0 Å². The molecule has 2 aromatic rings. The molecule has 0 amide bonds. The fraction of sp³-hybridized carbons (Fsp3) is 0.458. The average Bonchev–Trinajstić information content (AvgIpc) is 3.41. The molecule has 2 aliphatic heterocycles. The van der Waals surface area contributed by atoms with E-state index in [-0.39, 0.29) is 0 Å². The van der Waals surface area contributed by atoms with E-state index >= 15 is 0 Å². The Balaban J connectivity index is 0.000000355. The van der Waals surface area contributed by atoms with Crippen molar-refractivity contribution in [3.05, 3.63) is 39.8 Å². The third-order valence-electron chi connectivity index (χ3n) is 6.27. The molecule has 4 rings (SSSR count). The number of carbonyl (C=O) groups is 4. The number of ether oxygens (including phenoxy) is 2. The van der Waals surface area contributed by atoms with Crippen molar-refractivity contribution < 1.29 is 58.9 Å². The van der Waals surface area contributed by atoms with Crippen molar-refractivity contribution in [3.63, 3.8) is 0 Å². The summed E-state index contributed by atoms with van der Waals surface area (Å²) in [6.45, 7) is 5.95. The number of fused-ring (bicyclic) bond motifs is 1. The van der Waals surface area contributed by atoms with Crippen LogP contribution in [-0.4, -0.2) is 79.0 Å². The number of carbonyl (C=O) groups excluding carboxylic acids is 2. The summed E-state index contributed by atoms with van der Waals surface area (Å²) in [4.78, 5) is 44.0. The molecule has 1 aromatic carbocycles. The number of hydrogen-bond acceptors (Lipinski definition) is 10. The first kappa shape index (κ1) is 30.5. The summed E-state index contributed by atoms with van der Waals surface area (Å²) in [6.07, 6.45) is 5.73. The highest BCUT2D eigenvalue weighted by Crippen LogP contribution is 2.31. The number of nitrogens with one attached hydrogen (secondary N) is 2. The zero-order chi connectivity index (χ0) is 28.2. The Bertz CT molecular complexity index is 1060. The Kier molecular flexibility index (Phi) is 11.9. The van der Waals surface area contributed by atoms with Crippen molar-refractivity contribution in [2.24, 2.45) is 0 Å². The van der Waals surface area contributed by atoms with Gasteiger partial charge in [0.1, 0.15) is 30.7 Å². The lowest BCUT2D eigenvalue weighted by molar-refractivity contribution is -0.998. The van der Waals surface area contributed by atoms with Gasteiger partial charge in [0, 0.05) is 36.4 Å². The van der Waals surface area contributed by atoms with Gasteiger partial charge in [-0.1, -0.05) is 0 Å². The largest absolute Gasteiger partial charge is 0.539 e. The minimum absolute atomic E-state index is 0.750. The van der Waals surface area contributed by atoms with Crippen LogP contribution in [0.15, 0.2) is 23.7 Å². The highest BCUT2D eigenvalue weighted by molar-refractivity contribution is 7.09. The average molecular weight is 554 g/mol. The van der Waals surface area contributed by atoms with E-state index in [1.165, 1.54) is 48.6 Å². The van der Waals surface area contributed by atoms with Crippen LogP contribution in [0.3, 0.4) is 0 Å². The van der Waals surface area contributed by atoms with E-state index in [2.05, 4.69) is 22.5 Å². The van der Waals surface area contributed by atoms with Crippen LogP contribution in [0.4, 0.5) is 0 Å². The number of piperidine rings is 1. The molecule has 1 fully saturated rings. The van der Waals surface area contributed by atoms with Gasteiger partial charge >= 0.3 is 11.9 Å². The Morgan fingerprint density at radius 2 is 1.61 bits per heavy atom. The Morgan fingerprint density at radius 1 is 1.03 bits per heavy atom. The van der Waals surface area contributed by atoms with E-state index in [4.69, 9.17) is 49.1 Å². The number of hydrogen-bond donors (Lipinski definition) is 4. The zero-order valence-electron chi connectivity index (χ0n) is 21.1. The number of rotatable bonds is 5. The van der Waals surface area contributed by atoms with E-state index in [0.29, 0.717) is 0 Å². The lowest BCUT2D eigenvalue weighted by Gasteiger charge is -2.37. The van der Waals surface area contributed by atoms with E-state index in [0.717, 1.165) is 37.1 Å². The molecule has 0 bridgehead atoms. The third-order valence-corrected chi connectivity index (χ3v) is 7.05. The number of nitrogens with zero attached hydrogens (tertiary/aromatic N) is 1. The first-order chi connectivity index (χ1) is 18.0. The van der Waals surface area contributed by atoms with Gasteiger partial charge in [-0.25, -0.2) is 14.6 Å². The van der Waals surface area contributed by atoms with Crippen LogP contribution in [0.5, 0.6) is 11.5 Å². The van der Waals surface area contributed by atoms with Gasteiger partial charge in [-0.15, -0.1) is 11.3 Å². The Hall–Kier alpha value is -3.75. The topological polar surface area (TPSA) is 195 Å². The van der Waals surface area contributed by atoms with Gasteiger partial charge in [-0.05, 0) is 17.7 Å². The summed E-state index contributed by atoms with van der Waals surface area (Å²) in [5.74, 6) is -6.31. The van der Waals surface area contributed by atoms with E-state index < -0.39 is 23.9 Å². The van der Waals surface area contributed by atoms with Crippen LogP contribution in [0.25, 0.3) is 0 Å². The number of aromatic nitrogens is 1. The molecule has 38 heavy (non-hydrogen) atoms. The number of benzene rings is 1. The summed E-state index contributed by atoms with van der Waals surface area (Å²) >= 11 is 1.79. The number of methoxy groups -OCH3 is 2. The monoisotopic (exact) mass is 553 g/mol. The van der Waals surface area contributed by atoms with Crippen LogP contribution in [-0.2, 0) is 38.7 Å². The molecule has 1 saturated heterocycles. The van der Waals surface area contributed by atoms with Crippen molar-refractivity contribution in [3.8, 4) is 11.5 Å². The number of thiazole rings is 1. The van der Waals surface area contributed by atoms with Crippen LogP contribution >= 0.6 is 11.3 Å². The molecule has 1 aromatic heterocycles. The van der Waals surface area contributed by atoms with E-state index in [1.54, 1.807) is 35.4 Å². The fourth-order valence-corrected chi connectivity index (χ4v) is 5.24. The molecule has 4 N–H and O–H groups in total. The smallest absolute Gasteiger partial charge is 0.351 e. The number of likely N-dealkylation sites (tertiary alicyclic amines) is 1. The van der Waals surface area contributed by atoms with Crippen LogP contribution in [0.2, 0.25) is 0 Å². The van der Waals surface area contributed by atoms with E-state index in [9.17, 15) is 0 Å². The van der Waals surface area contributed by atoms with Gasteiger partial charge < -0.3 is 49.3 Å². The summed E-state index contributed by atoms with van der Waals surface area (Å²) < 4.78 is 11.0. The number of carboxylic acids is 4. The highest BCUT2D eigenvalue weighted by Gasteiger charge is 2.34. The second-order valence-electron chi connectivity index (χ2n) is 8.64. The molecular weight excluding hydrogens is 522 g/mol. The van der Waals surface area contributed by atoms with Crippen molar-refractivity contribution >= 4 is 35.2 Å². The van der Waals surface area contributed by atoms with Gasteiger partial charge in [-0.2, -0.15) is 0 Å². The molecule has 208 valence electrons. The number of carboxylic acid groups (broad SMARTS) is 4. The molecule has 3 atom stereocenters. The predicted octanol–water partition coefficient (Wildman–Crippen LogP) is -4.01. The summed E-state index contributed by atoms with van der Waals surface area (Å²) in [7, 11) is 3.44. The number of aliphatic carboxylic acids is 4. The van der Waals surface area contributed by atoms with Crippen molar-refractivity contribution in [1.82, 2.24) is 4.98 Å². The number of quaternary nitrogens is 2. The summed E-state index contributed by atoms with van der Waals surface area (Å²) in [5, 5.41) is 36.0. The van der Waals surface area contributed by atoms with Gasteiger partial charge in [0.2, 0.25) is 0 Å². The first-order valence-corrected chi connectivity index (χ1v) is 12.6. The van der Waals surface area contributed by atoms with Gasteiger partial charge in [0.25, 0.3) is 0 Å². The van der Waals surface area contributed by atoms with Crippen LogP contribution in [0.1, 0.15) is 29.0 Å². The molecule has 0 spiro atoms. The lowest BCUT2D eigenvalue weighted by atomic mass is 9.95. The van der Waals surface area contributed by atoms with Crippen molar-refractivity contribution in [2.75, 3.05) is 33.9 Å². The maximum absolute atomic E-state index is 9.04. The maximum atomic E-state index is 9.04. The molecule has 2 aliphatic rings. The summed E-state index contributed by atoms with van der Waals surface area (Å²) in [6, 6.07) is 5.11. The van der Waals surface area contributed by atoms with Crippen molar-refractivity contribution in [2.45, 2.75) is 38.4 Å². The summed E-state index contributed by atoms with van der Waals surface area (Å²) in [5.41, 5.74) is 2.85. The van der Waals surface area contributed by atoms with E-state index in [1.807, 2.05) is 6.20 Å². The molecule has 0 radical (unpaired) electrons. The minimum atomic E-state index is -2.07. The first-order valence-electron chi connectivity index (χ1n) is 11.7. The Labute approximate surface area is 222 Å². The third kappa shape index (κ3) is 9.28. The van der Waals surface area contributed by atoms with Gasteiger partial charge in [0.15, 0.2) is 23.4 Å². The standard InChI is InChI=1S/C20H27N3O2S.2C2H2O4/c1-24-18-10-15-5-8-23(12-16(15)11-19(18)25-2)17-4-3-7-22(13-17)14-20-21-6-9-26-20;2*3-1(4)2(5)6/h6,9-11,17H,3-5,7-8,12-14H2,1-2H3;2*(H,3,4)(H,5,6). The Morgan fingerprint density at radius 3 is 2.11 bits per heavy atom. The SMILES string of the molecule is COc1cc2c(cc1OC)C[NH+](C1CCC[NH+](Cc3nccs3)C1)CC2.O=C([O-])C(=O)O.O=C([O-])C(=O)O. The van der Waals surface area contributed by atoms with Crippen LogP contribution < -0.4 is 29.5 Å². The zero-order valence-corrected chi connectivity index (χ0v) is 21.9. The molecule has 0 aliphatic carbocycles. The van der Waals surface area contributed by atoms with Crippen molar-refractivity contribution in [1.29, 1.82) is 0 Å². The second-order valence-corrected chi connectivity index (χ2v) is 9.62. The maximum Gasteiger partial charge on any atom is 0.351 e. The quantitative estimate of drug-likeness (QED) is 0.263. The second kappa shape index (κ2) is 14.9. The van der Waals surface area contributed by atoms with Gasteiger partial charge in [0.05, 0.1) is 27.3 Å². The molecular formula is C24H31N3O10S. The minimum Gasteiger partial charge on any atom is -0.539 e. The molecule has 13 nitrogen and oxygen atoms in total.